The highest BCUT2D eigenvalue weighted by atomic mass is 80.0. The third-order valence-electron chi connectivity index (χ3n) is 0.104. The first-order chi connectivity index (χ1) is 2.56. The lowest BCUT2D eigenvalue weighted by atomic mass is 11.5. The number of halogens is 3. The molecule has 0 unspecified atom stereocenters. The zero-order chi connectivity index (χ0) is 5.21. The highest BCUT2D eigenvalue weighted by Crippen LogP contribution is 2.33. The fraction of sp³-hybridized carbons (Fsp3) is 1.00. The van der Waals surface area contributed by atoms with Crippen LogP contribution in [0, 0.1) is 4.91 Å². The average molecular weight is 282 g/mol. The fourth-order valence-electron chi connectivity index (χ4n) is 0. The topological polar surface area (TPSA) is 29.4 Å². The molecular formula is CBr3NO. The minimum atomic E-state index is -0.951. The summed E-state index contributed by atoms with van der Waals surface area (Å²) in [6.07, 6.45) is 0. The lowest BCUT2D eigenvalue weighted by Gasteiger charge is -1.93. The molecule has 5 heteroatoms. The van der Waals surface area contributed by atoms with E-state index in [4.69, 9.17) is 0 Å². The smallest absolute Gasteiger partial charge is 0.147 e. The van der Waals surface area contributed by atoms with Crippen LogP contribution in [0.1, 0.15) is 0 Å². The molecule has 0 radical (unpaired) electrons. The third-order valence-corrected chi connectivity index (χ3v) is 0.538. The first-order valence-corrected chi connectivity index (χ1v) is 3.35. The van der Waals surface area contributed by atoms with E-state index < -0.39 is 2.27 Å². The molecule has 0 aromatic rings. The first kappa shape index (κ1) is 7.04. The van der Waals surface area contributed by atoms with E-state index >= 15 is 0 Å². The number of nitrogens with zero attached hydrogens (tertiary/aromatic N) is 1. The maximum atomic E-state index is 9.44. The van der Waals surface area contributed by atoms with Crippen LogP contribution in [0.2, 0.25) is 0 Å². The molecule has 0 aliphatic carbocycles. The summed E-state index contributed by atoms with van der Waals surface area (Å²) in [6, 6.07) is 0. The summed E-state index contributed by atoms with van der Waals surface area (Å²) in [5.74, 6) is 0. The molecule has 0 saturated heterocycles. The molecule has 0 N–H and O–H groups in total. The van der Waals surface area contributed by atoms with E-state index in [2.05, 4.69) is 53.0 Å². The van der Waals surface area contributed by atoms with Gasteiger partial charge in [0.25, 0.3) is 2.27 Å². The summed E-state index contributed by atoms with van der Waals surface area (Å²) >= 11 is 8.49. The molecule has 0 atom stereocenters. The van der Waals surface area contributed by atoms with Gasteiger partial charge in [0.2, 0.25) is 0 Å². The molecule has 36 valence electrons. The van der Waals surface area contributed by atoms with Gasteiger partial charge in [0.15, 0.2) is 0 Å². The standard InChI is InChI=1S/CBr3NO/c2-1(3,4)5-6. The van der Waals surface area contributed by atoms with Crippen LogP contribution in [-0.2, 0) is 0 Å². The highest BCUT2D eigenvalue weighted by Gasteiger charge is 2.15. The number of rotatable bonds is 0. The maximum Gasteiger partial charge on any atom is 0.264 e. The van der Waals surface area contributed by atoms with Crippen molar-refractivity contribution in [1.82, 2.24) is 0 Å². The van der Waals surface area contributed by atoms with E-state index in [0.717, 1.165) is 0 Å². The van der Waals surface area contributed by atoms with Gasteiger partial charge >= 0.3 is 0 Å². The van der Waals surface area contributed by atoms with Crippen molar-refractivity contribution in [2.75, 3.05) is 0 Å². The van der Waals surface area contributed by atoms with Crippen molar-refractivity contribution < 1.29 is 0 Å². The van der Waals surface area contributed by atoms with Crippen molar-refractivity contribution in [1.29, 1.82) is 0 Å². The third kappa shape index (κ3) is 5.04. The van der Waals surface area contributed by atoms with Crippen LogP contribution < -0.4 is 0 Å². The molecule has 0 aliphatic heterocycles. The number of hydrogen-bond donors (Lipinski definition) is 0. The Morgan fingerprint density at radius 2 is 1.50 bits per heavy atom. The Kier molecular flexibility index (Phi) is 2.78. The molecule has 0 aromatic carbocycles. The summed E-state index contributed by atoms with van der Waals surface area (Å²) in [7, 11) is 0. The van der Waals surface area contributed by atoms with E-state index in [1.165, 1.54) is 0 Å². The Morgan fingerprint density at radius 3 is 1.50 bits per heavy atom. The van der Waals surface area contributed by atoms with E-state index in [1.807, 2.05) is 0 Å². The Bertz CT molecular complexity index is 56.3. The molecule has 0 amide bonds. The summed E-state index contributed by atoms with van der Waals surface area (Å²) in [5.41, 5.74) is 0. The van der Waals surface area contributed by atoms with Crippen LogP contribution >= 0.6 is 47.8 Å². The molecule has 6 heavy (non-hydrogen) atoms. The van der Waals surface area contributed by atoms with Gasteiger partial charge in [0.1, 0.15) is 0 Å². The lowest BCUT2D eigenvalue weighted by Crippen LogP contribution is -1.87. The van der Waals surface area contributed by atoms with Crippen molar-refractivity contribution >= 4 is 47.8 Å². The Morgan fingerprint density at radius 1 is 1.33 bits per heavy atom. The van der Waals surface area contributed by atoms with Gasteiger partial charge in [0.05, 0.1) is 0 Å². The second kappa shape index (κ2) is 2.37. The molecule has 0 aliphatic rings. The second-order valence-electron chi connectivity index (χ2n) is 0.559. The normalized spacial score (nSPS) is 11.2. The fourth-order valence-corrected chi connectivity index (χ4v) is 0. The molecule has 0 bridgehead atoms. The number of nitroso groups, excluding NO2 is 1. The predicted molar refractivity (Wildman–Crippen MR) is 35.3 cm³/mol. The van der Waals surface area contributed by atoms with Crippen LogP contribution in [0.25, 0.3) is 0 Å². The van der Waals surface area contributed by atoms with Crippen molar-refractivity contribution in [2.24, 2.45) is 5.18 Å². The quantitative estimate of drug-likeness (QED) is 0.381. The van der Waals surface area contributed by atoms with E-state index in [-0.39, 0.29) is 0 Å². The average Bonchev–Trinajstić information content (AvgIpc) is 1.35. The summed E-state index contributed by atoms with van der Waals surface area (Å²) < 4.78 is -0.951. The van der Waals surface area contributed by atoms with Gasteiger partial charge in [-0.1, -0.05) is 0 Å². The minimum Gasteiger partial charge on any atom is -0.147 e. The van der Waals surface area contributed by atoms with Crippen LogP contribution in [0.15, 0.2) is 5.18 Å². The molecule has 0 aromatic heterocycles. The zero-order valence-electron chi connectivity index (χ0n) is 2.49. The summed E-state index contributed by atoms with van der Waals surface area (Å²) in [5, 5.41) is 2.52. The first-order valence-electron chi connectivity index (χ1n) is 0.973. The van der Waals surface area contributed by atoms with E-state index in [0.29, 0.717) is 0 Å². The lowest BCUT2D eigenvalue weighted by molar-refractivity contribution is 1.26. The minimum absolute atomic E-state index is 0.951. The molecule has 0 fully saturated rings. The molecular weight excluding hydrogens is 282 g/mol. The largest absolute Gasteiger partial charge is 0.264 e. The van der Waals surface area contributed by atoms with Gasteiger partial charge in [0, 0.05) is 0 Å². The van der Waals surface area contributed by atoms with Gasteiger partial charge in [-0.05, 0) is 53.0 Å². The molecule has 0 spiro atoms. The van der Waals surface area contributed by atoms with Crippen molar-refractivity contribution in [3.05, 3.63) is 4.91 Å². The summed E-state index contributed by atoms with van der Waals surface area (Å²) in [6.45, 7) is 0. The highest BCUT2D eigenvalue weighted by molar-refractivity contribution is 9.39. The number of hydrogen-bond acceptors (Lipinski definition) is 2. The van der Waals surface area contributed by atoms with Gasteiger partial charge in [-0.25, -0.2) is 0 Å². The van der Waals surface area contributed by atoms with Gasteiger partial charge in [-0.15, -0.1) is 4.91 Å². The second-order valence-corrected chi connectivity index (χ2v) is 7.19. The SMILES string of the molecule is O=NC(Br)(Br)Br. The monoisotopic (exact) mass is 279 g/mol. The van der Waals surface area contributed by atoms with Crippen molar-refractivity contribution in [3.8, 4) is 0 Å². The molecule has 0 rings (SSSR count). The van der Waals surface area contributed by atoms with Crippen LogP contribution in [0.4, 0.5) is 0 Å². The molecule has 0 heterocycles. The molecule has 2 nitrogen and oxygen atoms in total. The number of alkyl halides is 3. The summed E-state index contributed by atoms with van der Waals surface area (Å²) in [4.78, 5) is 9.44. The molecule has 0 saturated carbocycles. The Balaban J connectivity index is 3.45. The van der Waals surface area contributed by atoms with Crippen LogP contribution in [-0.4, -0.2) is 2.27 Å². The van der Waals surface area contributed by atoms with Crippen LogP contribution in [0.5, 0.6) is 0 Å². The zero-order valence-corrected chi connectivity index (χ0v) is 7.25. The van der Waals surface area contributed by atoms with Gasteiger partial charge in [-0.2, -0.15) is 0 Å². The van der Waals surface area contributed by atoms with E-state index in [9.17, 15) is 4.91 Å². The van der Waals surface area contributed by atoms with Crippen molar-refractivity contribution in [3.63, 3.8) is 0 Å². The predicted octanol–water partition coefficient (Wildman–Crippen LogP) is 2.55. The van der Waals surface area contributed by atoms with Gasteiger partial charge < -0.3 is 0 Å². The Labute approximate surface area is 60.0 Å². The van der Waals surface area contributed by atoms with Crippen LogP contribution in [0.3, 0.4) is 0 Å². The maximum absolute atomic E-state index is 9.44. The van der Waals surface area contributed by atoms with E-state index in [1.54, 1.807) is 0 Å². The Hall–Kier alpha value is 1.04. The van der Waals surface area contributed by atoms with Crippen molar-refractivity contribution in [2.45, 2.75) is 2.27 Å². The van der Waals surface area contributed by atoms with Gasteiger partial charge in [-0.3, -0.25) is 0 Å².